The van der Waals surface area contributed by atoms with Gasteiger partial charge in [0.2, 0.25) is 0 Å². The van der Waals surface area contributed by atoms with Crippen molar-refractivity contribution in [3.63, 3.8) is 0 Å². The van der Waals surface area contributed by atoms with E-state index in [1.807, 2.05) is 146 Å². The van der Waals surface area contributed by atoms with Crippen LogP contribution in [0.3, 0.4) is 0 Å². The number of benzene rings is 13. The zero-order chi connectivity index (χ0) is 70.0. The third-order valence-corrected chi connectivity index (χ3v) is 17.0. The van der Waals surface area contributed by atoms with Crippen LogP contribution < -0.4 is 0 Å². The van der Waals surface area contributed by atoms with Gasteiger partial charge in [0.15, 0.2) is 0 Å². The van der Waals surface area contributed by atoms with Crippen molar-refractivity contribution in [1.82, 2.24) is 0 Å². The summed E-state index contributed by atoms with van der Waals surface area (Å²) in [5, 5.41) is 0. The van der Waals surface area contributed by atoms with Crippen LogP contribution in [0.15, 0.2) is 291 Å². The van der Waals surface area contributed by atoms with Gasteiger partial charge in [-0.2, -0.15) is 0 Å². The number of rotatable bonds is 6. The monoisotopic (exact) mass is 1280 g/mol. The summed E-state index contributed by atoms with van der Waals surface area (Å²) in [4.78, 5) is 0. The number of hydrogen-bond acceptors (Lipinski definition) is 0. The van der Waals surface area contributed by atoms with E-state index in [-0.39, 0.29) is 0 Å². The van der Waals surface area contributed by atoms with Crippen molar-refractivity contribution in [3.8, 4) is 212 Å². The lowest BCUT2D eigenvalue weighted by atomic mass is 9.74. The highest BCUT2D eigenvalue weighted by Crippen LogP contribution is 2.56. The molecule has 0 aliphatic heterocycles. The van der Waals surface area contributed by atoms with Crippen LogP contribution in [-0.2, 0) is 0 Å². The molecule has 0 radical (unpaired) electrons. The van der Waals surface area contributed by atoms with Crippen LogP contribution >= 0.6 is 0 Å². The zero-order valence-corrected chi connectivity index (χ0v) is 55.2. The molecule has 0 amide bonds. The Morgan fingerprint density at radius 3 is 0.275 bits per heavy atom. The first kappa shape index (κ1) is 65.3. The van der Waals surface area contributed by atoms with E-state index in [1.165, 1.54) is 0 Å². The average Bonchev–Trinajstić information content (AvgIpc) is 0.715. The van der Waals surface area contributed by atoms with E-state index in [0.29, 0.717) is 0 Å². The molecular formula is C102H54. The maximum Gasteiger partial charge on any atom is 0.0249 e. The first-order valence-electron chi connectivity index (χ1n) is 32.6. The van der Waals surface area contributed by atoms with Gasteiger partial charge < -0.3 is 0 Å². The number of terminal acetylenes is 6. The summed E-state index contributed by atoms with van der Waals surface area (Å²) in [6, 6.07) is 97.4. The third kappa shape index (κ3) is 15.6. The highest BCUT2D eigenvalue weighted by atomic mass is 14.3. The second-order valence-corrected chi connectivity index (χ2v) is 23.5. The second kappa shape index (κ2) is 31.0. The van der Waals surface area contributed by atoms with Gasteiger partial charge in [-0.1, -0.05) is 179 Å². The maximum atomic E-state index is 5.73. The molecule has 13 aromatic carbocycles. The van der Waals surface area contributed by atoms with E-state index < -0.39 is 0 Å². The van der Waals surface area contributed by atoms with E-state index >= 15 is 0 Å². The SMILES string of the molecule is C#Cc1ccc(C#Cc2ccc(-c3c(-c4ccc(C#Cc5ccc(C#C)cc5)cc4)c(-c4ccc(C#Cc5ccc(C#C)cc5)cc4)c(-c4ccc(C#Cc5ccc(C#C)cc5)cc4)c(-c4ccc(C#Cc5ccc(C#C)cc5)cc4)c3-c3ccc(C#Cc4ccc(C#C)cc4)cc3)cc2)cc1. The largest absolute Gasteiger partial charge is 0.115 e. The predicted octanol–water partition coefficient (Wildman–Crippen LogP) is 20.0. The molecule has 0 saturated heterocycles. The summed E-state index contributed by atoms with van der Waals surface area (Å²) in [5.41, 5.74) is 26.2. The van der Waals surface area contributed by atoms with Crippen molar-refractivity contribution < 1.29 is 0 Å². The summed E-state index contributed by atoms with van der Waals surface area (Å²) in [6.45, 7) is 0. The fraction of sp³-hybridized carbons (Fsp3) is 0. The molecule has 0 aromatic heterocycles. The Kier molecular flexibility index (Phi) is 19.8. The minimum Gasteiger partial charge on any atom is -0.115 e. The predicted molar refractivity (Wildman–Crippen MR) is 421 cm³/mol. The lowest BCUT2D eigenvalue weighted by Gasteiger charge is -2.29. The van der Waals surface area contributed by atoms with Gasteiger partial charge in [-0.25, -0.2) is 0 Å². The quantitative estimate of drug-likeness (QED) is 0.146. The van der Waals surface area contributed by atoms with Crippen LogP contribution in [-0.4, -0.2) is 0 Å². The third-order valence-electron chi connectivity index (χ3n) is 17.0. The van der Waals surface area contributed by atoms with E-state index in [0.717, 1.165) is 167 Å². The molecule has 0 N–H and O–H groups in total. The first-order chi connectivity index (χ1) is 50.2. The van der Waals surface area contributed by atoms with Gasteiger partial charge in [-0.15, -0.1) is 38.5 Å². The zero-order valence-electron chi connectivity index (χ0n) is 55.2. The van der Waals surface area contributed by atoms with Crippen molar-refractivity contribution in [2.24, 2.45) is 0 Å². The van der Waals surface area contributed by atoms with Crippen LogP contribution in [0.1, 0.15) is 100 Å². The van der Waals surface area contributed by atoms with Crippen LogP contribution in [0.2, 0.25) is 0 Å². The molecule has 0 nitrogen and oxygen atoms in total. The normalized spacial score (nSPS) is 9.82. The Morgan fingerprint density at radius 1 is 0.108 bits per heavy atom. The standard InChI is InChI=1S/C102H54/c1-7-73-13-25-79(26-14-73)37-43-85-49-61-91(62-50-85)97-98(92-63-51-86(52-64-92)44-38-80-27-15-74(8-2)16-28-80)100(94-67-55-88(56-68-94)46-40-82-31-19-76(10-4)20-32-82)102(96-71-59-90(60-72-96)48-42-84-35-23-78(12-6)24-36-84)101(95-69-57-89(58-70-95)47-41-83-33-21-77(11-5)22-34-83)99(97)93-65-53-87(54-66-93)45-39-81-29-17-75(9-3)18-30-81/h1-6,13-36,49-72H. The molecule has 0 spiro atoms. The van der Waals surface area contributed by atoms with Crippen molar-refractivity contribution in [2.45, 2.75) is 0 Å². The smallest absolute Gasteiger partial charge is 0.0249 e. The molecule has 0 aliphatic rings. The molecular weight excluding hydrogens is 1230 g/mol. The minimum atomic E-state index is 0.788. The van der Waals surface area contributed by atoms with Crippen molar-refractivity contribution in [2.75, 3.05) is 0 Å². The molecule has 102 heavy (non-hydrogen) atoms. The fourth-order valence-electron chi connectivity index (χ4n) is 11.6. The topological polar surface area (TPSA) is 0 Å². The molecule has 0 heterocycles. The van der Waals surface area contributed by atoms with E-state index in [4.69, 9.17) is 38.5 Å². The Balaban J connectivity index is 1.12. The second-order valence-electron chi connectivity index (χ2n) is 23.5. The summed E-state index contributed by atoms with van der Waals surface area (Å²) < 4.78 is 0. The molecule has 0 heteroatoms. The fourth-order valence-corrected chi connectivity index (χ4v) is 11.6. The summed E-state index contributed by atoms with van der Waals surface area (Å²) in [5.74, 6) is 57.1. The van der Waals surface area contributed by atoms with Crippen LogP contribution in [0.4, 0.5) is 0 Å². The van der Waals surface area contributed by atoms with Crippen LogP contribution in [0.25, 0.3) is 66.8 Å². The first-order valence-corrected chi connectivity index (χ1v) is 32.6. The minimum absolute atomic E-state index is 0.788. The van der Waals surface area contributed by atoms with Gasteiger partial charge in [0.25, 0.3) is 0 Å². The van der Waals surface area contributed by atoms with Gasteiger partial charge in [0.05, 0.1) is 0 Å². The molecule has 0 bridgehead atoms. The van der Waals surface area contributed by atoms with E-state index in [1.54, 1.807) is 0 Å². The highest BCUT2D eigenvalue weighted by molar-refractivity contribution is 6.15. The molecule has 13 aromatic rings. The summed E-state index contributed by atoms with van der Waals surface area (Å²) >= 11 is 0. The Morgan fingerprint density at radius 2 is 0.186 bits per heavy atom. The molecule has 0 unspecified atom stereocenters. The Labute approximate surface area is 599 Å². The van der Waals surface area contributed by atoms with E-state index in [9.17, 15) is 0 Å². The van der Waals surface area contributed by atoms with E-state index in [2.05, 4.69) is 252 Å². The summed E-state index contributed by atoms with van der Waals surface area (Å²) in [6.07, 6.45) is 34.4. The van der Waals surface area contributed by atoms with Gasteiger partial charge in [-0.05, 0) is 285 Å². The Bertz CT molecular complexity index is 5030. The lowest BCUT2D eigenvalue weighted by Crippen LogP contribution is -2.02. The van der Waals surface area contributed by atoms with Crippen molar-refractivity contribution in [3.05, 3.63) is 391 Å². The van der Waals surface area contributed by atoms with Gasteiger partial charge in [-0.3, -0.25) is 0 Å². The highest BCUT2D eigenvalue weighted by Gasteiger charge is 2.29. The summed E-state index contributed by atoms with van der Waals surface area (Å²) in [7, 11) is 0. The molecule has 13 rings (SSSR count). The molecule has 462 valence electrons. The van der Waals surface area contributed by atoms with Gasteiger partial charge >= 0.3 is 0 Å². The molecule has 0 saturated carbocycles. The average molecular weight is 1280 g/mol. The molecule has 0 atom stereocenters. The van der Waals surface area contributed by atoms with Crippen LogP contribution in [0, 0.1) is 145 Å². The number of hydrogen-bond donors (Lipinski definition) is 0. The van der Waals surface area contributed by atoms with Gasteiger partial charge in [0, 0.05) is 100 Å². The van der Waals surface area contributed by atoms with Crippen molar-refractivity contribution in [1.29, 1.82) is 0 Å². The van der Waals surface area contributed by atoms with Crippen LogP contribution in [0.5, 0.6) is 0 Å². The van der Waals surface area contributed by atoms with Crippen molar-refractivity contribution >= 4 is 0 Å². The lowest BCUT2D eigenvalue weighted by molar-refractivity contribution is 1.50. The maximum absolute atomic E-state index is 5.73. The Hall–Kier alpha value is -15.4. The molecule has 0 fully saturated rings. The molecule has 0 aliphatic carbocycles. The van der Waals surface area contributed by atoms with Gasteiger partial charge in [0.1, 0.15) is 0 Å².